The van der Waals surface area contributed by atoms with Gasteiger partial charge in [-0.15, -0.1) is 19.7 Å². The molecule has 1 atom stereocenters. The smallest absolute Gasteiger partial charge is 0.0745 e. The van der Waals surface area contributed by atoms with Gasteiger partial charge in [0.25, 0.3) is 0 Å². The molecule has 0 aromatic heterocycles. The molecule has 0 aliphatic carbocycles. The second-order valence-corrected chi connectivity index (χ2v) is 2.91. The summed E-state index contributed by atoms with van der Waals surface area (Å²) in [6.45, 7) is 14.9. The van der Waals surface area contributed by atoms with Gasteiger partial charge in [-0.25, -0.2) is 0 Å². The predicted molar refractivity (Wildman–Crippen MR) is 66.0 cm³/mol. The van der Waals surface area contributed by atoms with E-state index in [0.29, 0.717) is 13.2 Å². The fraction of sp³-hybridized carbons (Fsp3) is 0.500. The zero-order valence-electron chi connectivity index (χ0n) is 9.61. The molecule has 0 spiro atoms. The Labute approximate surface area is 93.1 Å². The highest BCUT2D eigenvalue weighted by Gasteiger charge is 1.90. The summed E-state index contributed by atoms with van der Waals surface area (Å²) in [4.78, 5) is 0. The van der Waals surface area contributed by atoms with E-state index < -0.39 is 0 Å². The predicted octanol–water partition coefficient (Wildman–Crippen LogP) is 1.52. The molecule has 0 saturated carbocycles. The van der Waals surface area contributed by atoms with E-state index in [4.69, 9.17) is 9.84 Å². The molecule has 0 fully saturated rings. The molecule has 0 amide bonds. The third kappa shape index (κ3) is 24.6. The van der Waals surface area contributed by atoms with Crippen LogP contribution in [-0.2, 0) is 4.74 Å². The van der Waals surface area contributed by atoms with Crippen LogP contribution in [0.2, 0.25) is 0 Å². The van der Waals surface area contributed by atoms with Gasteiger partial charge in [0.2, 0.25) is 0 Å². The highest BCUT2D eigenvalue weighted by Crippen LogP contribution is 1.81. The summed E-state index contributed by atoms with van der Waals surface area (Å²) in [5.41, 5.74) is 0. The van der Waals surface area contributed by atoms with E-state index in [9.17, 15) is 0 Å². The van der Waals surface area contributed by atoms with Gasteiger partial charge in [-0.05, 0) is 6.92 Å². The molecule has 3 nitrogen and oxygen atoms in total. The molecule has 0 rings (SSSR count). The van der Waals surface area contributed by atoms with Crippen LogP contribution in [0.4, 0.5) is 0 Å². The third-order valence-corrected chi connectivity index (χ3v) is 1.17. The van der Waals surface area contributed by atoms with Gasteiger partial charge in [0.1, 0.15) is 0 Å². The monoisotopic (exact) mass is 213 g/mol. The van der Waals surface area contributed by atoms with Gasteiger partial charge in [-0.2, -0.15) is 0 Å². The molecule has 0 heterocycles. The molecule has 3 heteroatoms. The summed E-state index contributed by atoms with van der Waals surface area (Å²) < 4.78 is 4.88. The Morgan fingerprint density at radius 3 is 2.07 bits per heavy atom. The van der Waals surface area contributed by atoms with Crippen molar-refractivity contribution in [3.63, 3.8) is 0 Å². The highest BCUT2D eigenvalue weighted by molar-refractivity contribution is 4.75. The van der Waals surface area contributed by atoms with Gasteiger partial charge in [-0.3, -0.25) is 0 Å². The van der Waals surface area contributed by atoms with Crippen LogP contribution in [0.15, 0.2) is 38.0 Å². The van der Waals surface area contributed by atoms with Crippen molar-refractivity contribution >= 4 is 0 Å². The number of nitrogens with one attached hydrogen (secondary N) is 1. The first kappa shape index (κ1) is 16.5. The lowest BCUT2D eigenvalue weighted by atomic mass is 10.4. The largest absolute Gasteiger partial charge is 0.391 e. The Kier molecular flexibility index (Phi) is 17.2. The molecule has 0 aromatic rings. The lowest BCUT2D eigenvalue weighted by Crippen LogP contribution is -2.11. The molecular weight excluding hydrogens is 190 g/mol. The summed E-state index contributed by atoms with van der Waals surface area (Å²) in [6, 6.07) is 0. The molecule has 0 radical (unpaired) electrons. The molecule has 1 unspecified atom stereocenters. The molecule has 15 heavy (non-hydrogen) atoms. The van der Waals surface area contributed by atoms with E-state index in [1.807, 2.05) is 12.2 Å². The SMILES string of the molecule is C=CCNCC=C.C=CCOCC(C)O. The minimum absolute atomic E-state index is 0.366. The Balaban J connectivity index is 0. The van der Waals surface area contributed by atoms with Gasteiger partial charge >= 0.3 is 0 Å². The Bertz CT molecular complexity index is 148. The standard InChI is InChI=1S/C6H11N.C6H12O2/c1-3-5-7-6-4-2;1-3-4-8-5-6(2)7/h3-4,7H,1-2,5-6H2;3,6-7H,1,4-5H2,2H3. The van der Waals surface area contributed by atoms with Crippen LogP contribution in [0.3, 0.4) is 0 Å². The Morgan fingerprint density at radius 1 is 1.20 bits per heavy atom. The average Bonchev–Trinajstić information content (AvgIpc) is 2.20. The normalized spacial score (nSPS) is 10.8. The summed E-state index contributed by atoms with van der Waals surface area (Å²) in [5.74, 6) is 0. The van der Waals surface area contributed by atoms with Crippen molar-refractivity contribution in [1.82, 2.24) is 5.32 Å². The number of aliphatic hydroxyl groups excluding tert-OH is 1. The van der Waals surface area contributed by atoms with Crippen LogP contribution >= 0.6 is 0 Å². The van der Waals surface area contributed by atoms with Crippen molar-refractivity contribution in [2.24, 2.45) is 0 Å². The minimum atomic E-state index is -0.366. The van der Waals surface area contributed by atoms with E-state index in [1.54, 1.807) is 13.0 Å². The molecule has 0 aromatic carbocycles. The molecular formula is C12H23NO2. The van der Waals surface area contributed by atoms with Crippen LogP contribution in [0.1, 0.15) is 6.92 Å². The Hall–Kier alpha value is -0.900. The fourth-order valence-electron chi connectivity index (χ4n) is 0.609. The Morgan fingerprint density at radius 2 is 1.73 bits per heavy atom. The molecule has 0 saturated heterocycles. The molecule has 0 bridgehead atoms. The zero-order chi connectivity index (χ0) is 11.9. The summed E-state index contributed by atoms with van der Waals surface area (Å²) >= 11 is 0. The fourth-order valence-corrected chi connectivity index (χ4v) is 0.609. The summed E-state index contributed by atoms with van der Waals surface area (Å²) in [6.07, 6.45) is 4.94. The molecule has 2 N–H and O–H groups in total. The van der Waals surface area contributed by atoms with Crippen LogP contribution in [0.25, 0.3) is 0 Å². The number of ether oxygens (including phenoxy) is 1. The lowest BCUT2D eigenvalue weighted by molar-refractivity contribution is 0.0599. The summed E-state index contributed by atoms with van der Waals surface area (Å²) in [5, 5.41) is 11.7. The van der Waals surface area contributed by atoms with Crippen molar-refractivity contribution in [1.29, 1.82) is 0 Å². The van der Waals surface area contributed by atoms with Gasteiger partial charge in [-0.1, -0.05) is 18.2 Å². The molecule has 0 aliphatic heterocycles. The van der Waals surface area contributed by atoms with Crippen molar-refractivity contribution in [3.05, 3.63) is 38.0 Å². The summed E-state index contributed by atoms with van der Waals surface area (Å²) in [7, 11) is 0. The van der Waals surface area contributed by atoms with Crippen LogP contribution in [0.5, 0.6) is 0 Å². The first-order valence-electron chi connectivity index (χ1n) is 4.98. The highest BCUT2D eigenvalue weighted by atomic mass is 16.5. The number of hydrogen-bond donors (Lipinski definition) is 2. The second kappa shape index (κ2) is 15.6. The maximum absolute atomic E-state index is 8.62. The lowest BCUT2D eigenvalue weighted by Gasteiger charge is -2.01. The van der Waals surface area contributed by atoms with Crippen LogP contribution in [-0.4, -0.2) is 37.5 Å². The van der Waals surface area contributed by atoms with Gasteiger partial charge in [0, 0.05) is 13.1 Å². The second-order valence-electron chi connectivity index (χ2n) is 2.91. The average molecular weight is 213 g/mol. The number of aliphatic hydroxyl groups is 1. The maximum Gasteiger partial charge on any atom is 0.0745 e. The zero-order valence-corrected chi connectivity index (χ0v) is 9.61. The third-order valence-electron chi connectivity index (χ3n) is 1.17. The van der Waals surface area contributed by atoms with E-state index in [-0.39, 0.29) is 6.10 Å². The van der Waals surface area contributed by atoms with Gasteiger partial charge in [0.15, 0.2) is 0 Å². The maximum atomic E-state index is 8.62. The molecule has 88 valence electrons. The van der Waals surface area contributed by atoms with Gasteiger partial charge in [0.05, 0.1) is 19.3 Å². The first-order chi connectivity index (χ1) is 7.18. The van der Waals surface area contributed by atoms with E-state index in [2.05, 4.69) is 25.1 Å². The van der Waals surface area contributed by atoms with E-state index in [0.717, 1.165) is 13.1 Å². The van der Waals surface area contributed by atoms with Crippen LogP contribution in [0, 0.1) is 0 Å². The van der Waals surface area contributed by atoms with Crippen LogP contribution < -0.4 is 5.32 Å². The van der Waals surface area contributed by atoms with Crippen molar-refractivity contribution in [2.45, 2.75) is 13.0 Å². The number of rotatable bonds is 8. The molecule has 0 aliphatic rings. The van der Waals surface area contributed by atoms with Crippen molar-refractivity contribution in [3.8, 4) is 0 Å². The van der Waals surface area contributed by atoms with Gasteiger partial charge < -0.3 is 15.2 Å². The van der Waals surface area contributed by atoms with E-state index >= 15 is 0 Å². The topological polar surface area (TPSA) is 41.5 Å². The van der Waals surface area contributed by atoms with Crippen molar-refractivity contribution in [2.75, 3.05) is 26.3 Å². The minimum Gasteiger partial charge on any atom is -0.391 e. The number of hydrogen-bond acceptors (Lipinski definition) is 3. The van der Waals surface area contributed by atoms with E-state index in [1.165, 1.54) is 0 Å². The first-order valence-corrected chi connectivity index (χ1v) is 4.98. The van der Waals surface area contributed by atoms with Crippen molar-refractivity contribution < 1.29 is 9.84 Å². The quantitative estimate of drug-likeness (QED) is 0.474.